The molecule has 1 fully saturated rings. The third-order valence-corrected chi connectivity index (χ3v) is 6.94. The Morgan fingerprint density at radius 1 is 1.50 bits per heavy atom. The van der Waals surface area contributed by atoms with E-state index in [0.29, 0.717) is 10.8 Å². The van der Waals surface area contributed by atoms with E-state index < -0.39 is 18.0 Å². The molecule has 8 heteroatoms. The predicted molar refractivity (Wildman–Crippen MR) is 92.1 cm³/mol. The van der Waals surface area contributed by atoms with Crippen LogP contribution in [0.4, 0.5) is 0 Å². The average Bonchev–Trinajstić information content (AvgIpc) is 3.09. The maximum atomic E-state index is 12.2. The number of β-lactam (4-membered cyclic amide) rings is 1. The summed E-state index contributed by atoms with van der Waals surface area (Å²) in [7, 11) is 0. The average molecular weight is 369 g/mol. The number of aliphatic carboxylic acids is 1. The number of fused-ring (bicyclic) bond motifs is 1. The molecule has 0 spiro atoms. The topological polar surface area (TPSA) is 91.0 Å². The maximum absolute atomic E-state index is 12.2. The molecule has 2 N–H and O–H groups in total. The number of carbonyl (C=O) groups is 2. The number of hydrogen-bond acceptors (Lipinski definition) is 6. The van der Waals surface area contributed by atoms with Crippen LogP contribution >= 0.6 is 23.5 Å². The van der Waals surface area contributed by atoms with Gasteiger partial charge in [-0.05, 0) is 19.1 Å². The van der Waals surface area contributed by atoms with E-state index in [1.807, 2.05) is 19.1 Å². The number of carboxylic acid groups (broad SMARTS) is 1. The molecule has 1 saturated heterocycles. The van der Waals surface area contributed by atoms with Gasteiger partial charge in [0.05, 0.1) is 30.1 Å². The van der Waals surface area contributed by atoms with Gasteiger partial charge in [0.15, 0.2) is 0 Å². The molecule has 0 radical (unpaired) electrons. The monoisotopic (exact) mass is 369 g/mol. The zero-order valence-corrected chi connectivity index (χ0v) is 15.0. The highest BCUT2D eigenvalue weighted by atomic mass is 32.2. The zero-order chi connectivity index (χ0) is 17.4. The van der Waals surface area contributed by atoms with Crippen molar-refractivity contribution < 1.29 is 24.2 Å². The van der Waals surface area contributed by atoms with Crippen LogP contribution in [0, 0.1) is 11.8 Å². The lowest BCUT2D eigenvalue weighted by Crippen LogP contribution is -2.63. The van der Waals surface area contributed by atoms with Crippen molar-refractivity contribution in [3.05, 3.63) is 34.8 Å². The molecule has 1 aromatic heterocycles. The number of amides is 1. The number of carbonyl (C=O) groups excluding carboxylic acids is 1. The van der Waals surface area contributed by atoms with E-state index in [2.05, 4.69) is 0 Å². The summed E-state index contributed by atoms with van der Waals surface area (Å²) in [4.78, 5) is 25.9. The molecule has 0 aromatic carbocycles. The van der Waals surface area contributed by atoms with Crippen LogP contribution in [0.3, 0.4) is 0 Å². The van der Waals surface area contributed by atoms with Gasteiger partial charge in [-0.1, -0.05) is 6.92 Å². The number of rotatable bonds is 7. The third kappa shape index (κ3) is 2.87. The summed E-state index contributed by atoms with van der Waals surface area (Å²) >= 11 is 3.09. The van der Waals surface area contributed by atoms with Crippen LogP contribution in [0.2, 0.25) is 0 Å². The Morgan fingerprint density at radius 3 is 2.83 bits per heavy atom. The van der Waals surface area contributed by atoms with Gasteiger partial charge < -0.3 is 19.5 Å². The fourth-order valence-electron chi connectivity index (χ4n) is 3.36. The highest BCUT2D eigenvalue weighted by Crippen LogP contribution is 2.50. The molecule has 4 atom stereocenters. The Bertz CT molecular complexity index is 670. The summed E-state index contributed by atoms with van der Waals surface area (Å²) in [6.07, 6.45) is 0.855. The lowest BCUT2D eigenvalue weighted by Gasteiger charge is -2.46. The van der Waals surface area contributed by atoms with Crippen molar-refractivity contribution >= 4 is 35.4 Å². The fourth-order valence-corrected chi connectivity index (χ4v) is 5.62. The molecule has 1 aromatic rings. The molecule has 3 heterocycles. The number of thioether (sulfide) groups is 2. The number of furan rings is 1. The van der Waals surface area contributed by atoms with Crippen molar-refractivity contribution in [3.8, 4) is 0 Å². The summed E-state index contributed by atoms with van der Waals surface area (Å²) in [5.41, 5.74) is 0.0815. The summed E-state index contributed by atoms with van der Waals surface area (Å²) in [5.74, 6) is -0.378. The number of hydrogen-bond donors (Lipinski definition) is 2. The lowest BCUT2D eigenvalue weighted by molar-refractivity contribution is -0.163. The zero-order valence-electron chi connectivity index (χ0n) is 13.3. The molecule has 6 nitrogen and oxygen atoms in total. The smallest absolute Gasteiger partial charge is 0.353 e. The Hall–Kier alpha value is -1.38. The molecular weight excluding hydrogens is 350 g/mol. The highest BCUT2D eigenvalue weighted by Gasteiger charge is 2.59. The van der Waals surface area contributed by atoms with E-state index in [1.54, 1.807) is 24.9 Å². The van der Waals surface area contributed by atoms with Crippen LogP contribution in [0.1, 0.15) is 19.6 Å². The molecule has 0 saturated carbocycles. The predicted octanol–water partition coefficient (Wildman–Crippen LogP) is 2.36. The molecule has 130 valence electrons. The van der Waals surface area contributed by atoms with Gasteiger partial charge in [-0.25, -0.2) is 4.79 Å². The van der Waals surface area contributed by atoms with Gasteiger partial charge in [-0.2, -0.15) is 0 Å². The van der Waals surface area contributed by atoms with Crippen molar-refractivity contribution in [2.45, 2.75) is 31.7 Å². The number of aliphatic hydroxyl groups excluding tert-OH is 1. The normalized spacial score (nSPS) is 27.2. The van der Waals surface area contributed by atoms with E-state index in [-0.39, 0.29) is 23.6 Å². The first-order chi connectivity index (χ1) is 11.4. The summed E-state index contributed by atoms with van der Waals surface area (Å²) in [6, 6.07) is 3.48. The van der Waals surface area contributed by atoms with Crippen molar-refractivity contribution in [2.75, 3.05) is 5.08 Å². The van der Waals surface area contributed by atoms with Gasteiger partial charge in [-0.15, -0.1) is 23.5 Å². The molecule has 24 heavy (non-hydrogen) atoms. The first-order valence-electron chi connectivity index (χ1n) is 7.65. The minimum atomic E-state index is -1.08. The van der Waals surface area contributed by atoms with Gasteiger partial charge in [-0.3, -0.25) is 4.79 Å². The Balaban J connectivity index is 1.68. The van der Waals surface area contributed by atoms with Crippen molar-refractivity contribution in [2.24, 2.45) is 11.8 Å². The quantitative estimate of drug-likeness (QED) is 0.433. The van der Waals surface area contributed by atoms with E-state index in [4.69, 9.17) is 4.42 Å². The van der Waals surface area contributed by atoms with Gasteiger partial charge in [0.25, 0.3) is 0 Å². The SMILES string of the molecule is C[C@@H](O)[C@H]1C(=O)N2C(C(=O)O)=C(SCSCc3ccco3)[C@H](C)[C@@H]12. The maximum Gasteiger partial charge on any atom is 0.353 e. The van der Waals surface area contributed by atoms with Crippen LogP contribution in [0.25, 0.3) is 0 Å². The van der Waals surface area contributed by atoms with E-state index in [0.717, 1.165) is 10.7 Å². The number of aliphatic hydroxyl groups is 1. The fraction of sp³-hybridized carbons (Fsp3) is 0.500. The van der Waals surface area contributed by atoms with Crippen LogP contribution < -0.4 is 0 Å². The van der Waals surface area contributed by atoms with Crippen LogP contribution in [-0.4, -0.2) is 44.2 Å². The van der Waals surface area contributed by atoms with E-state index in [9.17, 15) is 19.8 Å². The molecule has 0 bridgehead atoms. The summed E-state index contributed by atoms with van der Waals surface area (Å²) < 4.78 is 5.27. The van der Waals surface area contributed by atoms with Crippen molar-refractivity contribution in [1.29, 1.82) is 0 Å². The molecule has 2 aliphatic heterocycles. The van der Waals surface area contributed by atoms with Crippen molar-refractivity contribution in [1.82, 2.24) is 4.90 Å². The van der Waals surface area contributed by atoms with Gasteiger partial charge in [0, 0.05) is 15.9 Å². The van der Waals surface area contributed by atoms with Crippen molar-refractivity contribution in [3.63, 3.8) is 0 Å². The Morgan fingerprint density at radius 2 is 2.25 bits per heavy atom. The standard InChI is InChI=1S/C16H19NO5S2/c1-8-12-11(9(2)18)15(19)17(12)13(16(20)21)14(8)24-7-23-6-10-4-3-5-22-10/h3-5,8-9,11-12,18H,6-7H2,1-2H3,(H,20,21)/t8-,9-,11-,12+/m1/s1. The third-order valence-electron chi connectivity index (χ3n) is 4.43. The molecule has 0 aliphatic carbocycles. The lowest BCUT2D eigenvalue weighted by atomic mass is 9.79. The van der Waals surface area contributed by atoms with Gasteiger partial charge in [0.2, 0.25) is 5.91 Å². The first kappa shape index (κ1) is 17.4. The Kier molecular flexibility index (Phi) is 4.98. The number of carboxylic acids is 1. The second kappa shape index (κ2) is 6.85. The summed E-state index contributed by atoms with van der Waals surface area (Å²) in [6.45, 7) is 3.51. The molecule has 3 rings (SSSR count). The number of nitrogens with zero attached hydrogens (tertiary/aromatic N) is 1. The highest BCUT2D eigenvalue weighted by molar-refractivity contribution is 8.17. The molecule has 0 unspecified atom stereocenters. The van der Waals surface area contributed by atoms with Gasteiger partial charge in [0.1, 0.15) is 11.5 Å². The largest absolute Gasteiger partial charge is 0.477 e. The van der Waals surface area contributed by atoms with Crippen LogP contribution in [0.5, 0.6) is 0 Å². The second-order valence-electron chi connectivity index (χ2n) is 5.96. The Labute approximate surface area is 148 Å². The molecule has 2 aliphatic rings. The van der Waals surface area contributed by atoms with E-state index >= 15 is 0 Å². The molecule has 1 amide bonds. The minimum absolute atomic E-state index is 0.0809. The minimum Gasteiger partial charge on any atom is -0.477 e. The summed E-state index contributed by atoms with van der Waals surface area (Å²) in [5, 5.41) is 20.0. The molecular formula is C16H19NO5S2. The second-order valence-corrected chi connectivity index (χ2v) is 8.33. The first-order valence-corrected chi connectivity index (χ1v) is 9.79. The van der Waals surface area contributed by atoms with Gasteiger partial charge >= 0.3 is 5.97 Å². The van der Waals surface area contributed by atoms with Crippen LogP contribution in [-0.2, 0) is 15.3 Å². The van der Waals surface area contributed by atoms with Crippen LogP contribution in [0.15, 0.2) is 33.4 Å². The van der Waals surface area contributed by atoms with E-state index in [1.165, 1.54) is 16.7 Å².